The van der Waals surface area contributed by atoms with Crippen molar-refractivity contribution in [2.24, 2.45) is 0 Å². The third kappa shape index (κ3) is 4.23. The number of hydrogen-bond donors (Lipinski definition) is 2. The molecule has 1 amide bonds. The molecule has 2 heterocycles. The normalized spacial score (nSPS) is 10.2. The largest absolute Gasteiger partial charge is 0.383 e. The minimum atomic E-state index is -0.329. The lowest BCUT2D eigenvalue weighted by molar-refractivity contribution is -0.113. The molecule has 0 fully saturated rings. The number of nitrogens with one attached hydrogen (secondary N) is 1. The zero-order chi connectivity index (χ0) is 19.3. The second-order valence-electron chi connectivity index (χ2n) is 5.52. The summed E-state index contributed by atoms with van der Waals surface area (Å²) in [5, 5.41) is 22.0. The first-order chi connectivity index (χ1) is 12.4. The van der Waals surface area contributed by atoms with E-state index in [4.69, 9.17) is 17.3 Å². The summed E-state index contributed by atoms with van der Waals surface area (Å²) in [6.07, 6.45) is 1.52. The van der Waals surface area contributed by atoms with Crippen LogP contribution in [-0.4, -0.2) is 21.6 Å². The first-order valence-corrected chi connectivity index (χ1v) is 8.92. The molecule has 132 valence electrons. The highest BCUT2D eigenvalue weighted by atomic mass is 35.5. The van der Waals surface area contributed by atoms with Crippen LogP contribution in [0.25, 0.3) is 0 Å². The molecular formula is C17H15ClN6OS. The van der Waals surface area contributed by atoms with E-state index in [2.05, 4.69) is 21.4 Å². The Hall–Kier alpha value is -2.81. The Morgan fingerprint density at radius 2 is 2.08 bits per heavy atom. The van der Waals surface area contributed by atoms with E-state index in [1.807, 2.05) is 19.9 Å². The molecule has 0 saturated heterocycles. The van der Waals surface area contributed by atoms with Gasteiger partial charge in [0.25, 0.3) is 0 Å². The van der Waals surface area contributed by atoms with Gasteiger partial charge in [-0.1, -0.05) is 37.2 Å². The third-order valence-corrected chi connectivity index (χ3v) is 4.68. The van der Waals surface area contributed by atoms with Gasteiger partial charge in [-0.15, -0.1) is 0 Å². The number of hydrogen-bond acceptors (Lipinski definition) is 7. The number of nitriles is 2. The summed E-state index contributed by atoms with van der Waals surface area (Å²) in [6, 6.07) is 7.36. The Balaban J connectivity index is 2.25. The second kappa shape index (κ2) is 8.52. The Morgan fingerprint density at radius 1 is 1.38 bits per heavy atom. The maximum atomic E-state index is 12.2. The van der Waals surface area contributed by atoms with E-state index in [-0.39, 0.29) is 39.7 Å². The number of amides is 1. The SMILES string of the molecule is CC(C)c1c(C#N)c(N)nc(SCC(=O)Nc2cccnc2Cl)c1C#N. The van der Waals surface area contributed by atoms with Crippen LogP contribution in [0.3, 0.4) is 0 Å². The second-order valence-corrected chi connectivity index (χ2v) is 6.84. The van der Waals surface area contributed by atoms with Gasteiger partial charge in [0.05, 0.1) is 22.6 Å². The Morgan fingerprint density at radius 3 is 2.65 bits per heavy atom. The van der Waals surface area contributed by atoms with E-state index in [0.29, 0.717) is 16.3 Å². The number of thioether (sulfide) groups is 1. The number of rotatable bonds is 5. The molecule has 0 aliphatic rings. The van der Waals surface area contributed by atoms with Crippen LogP contribution in [0.2, 0.25) is 5.15 Å². The van der Waals surface area contributed by atoms with Crippen molar-refractivity contribution in [3.8, 4) is 12.1 Å². The fourth-order valence-electron chi connectivity index (χ4n) is 2.31. The average Bonchev–Trinajstić information content (AvgIpc) is 2.61. The molecule has 0 atom stereocenters. The van der Waals surface area contributed by atoms with E-state index < -0.39 is 0 Å². The van der Waals surface area contributed by atoms with E-state index in [0.717, 1.165) is 11.8 Å². The zero-order valence-corrected chi connectivity index (χ0v) is 15.6. The Bertz CT molecular complexity index is 932. The van der Waals surface area contributed by atoms with Crippen LogP contribution in [-0.2, 0) is 4.79 Å². The monoisotopic (exact) mass is 386 g/mol. The summed E-state index contributed by atoms with van der Waals surface area (Å²) in [6.45, 7) is 3.73. The number of aromatic nitrogens is 2. The van der Waals surface area contributed by atoms with Gasteiger partial charge >= 0.3 is 0 Å². The molecule has 0 radical (unpaired) electrons. The van der Waals surface area contributed by atoms with Gasteiger partial charge in [0.15, 0.2) is 5.15 Å². The van der Waals surface area contributed by atoms with Gasteiger partial charge in [-0.2, -0.15) is 10.5 Å². The minimum absolute atomic E-state index is 0.00419. The van der Waals surface area contributed by atoms with Crippen molar-refractivity contribution < 1.29 is 4.79 Å². The summed E-state index contributed by atoms with van der Waals surface area (Å²) in [4.78, 5) is 20.2. The van der Waals surface area contributed by atoms with Gasteiger partial charge in [-0.25, -0.2) is 9.97 Å². The number of nitrogen functional groups attached to an aromatic ring is 1. The highest BCUT2D eigenvalue weighted by Gasteiger charge is 2.21. The standard InChI is InChI=1S/C17H15ClN6OS/c1-9(2)14-10(6-19)16(21)24-17(11(14)7-20)26-8-13(25)23-12-4-3-5-22-15(12)18/h3-5,9H,8H2,1-2H3,(H2,21,24)(H,23,25). The maximum absolute atomic E-state index is 12.2. The van der Waals surface area contributed by atoms with Gasteiger partial charge in [0.1, 0.15) is 23.0 Å². The summed E-state index contributed by atoms with van der Waals surface area (Å²) < 4.78 is 0. The van der Waals surface area contributed by atoms with E-state index in [1.165, 1.54) is 6.20 Å². The highest BCUT2D eigenvalue weighted by molar-refractivity contribution is 8.00. The summed E-state index contributed by atoms with van der Waals surface area (Å²) in [5.41, 5.74) is 7.27. The summed E-state index contributed by atoms with van der Waals surface area (Å²) in [5.74, 6) is -0.375. The molecule has 7 nitrogen and oxygen atoms in total. The number of carbonyl (C=O) groups excluding carboxylic acids is 1. The average molecular weight is 387 g/mol. The molecule has 3 N–H and O–H groups in total. The Kier molecular flexibility index (Phi) is 6.40. The van der Waals surface area contributed by atoms with Crippen molar-refractivity contribution in [1.82, 2.24) is 9.97 Å². The number of nitrogens with two attached hydrogens (primary N) is 1. The van der Waals surface area contributed by atoms with Crippen LogP contribution in [0, 0.1) is 22.7 Å². The molecule has 2 aromatic rings. The van der Waals surface area contributed by atoms with E-state index in [9.17, 15) is 15.3 Å². The molecule has 0 aliphatic heterocycles. The topological polar surface area (TPSA) is 128 Å². The van der Waals surface area contributed by atoms with E-state index >= 15 is 0 Å². The van der Waals surface area contributed by atoms with Crippen LogP contribution < -0.4 is 11.1 Å². The van der Waals surface area contributed by atoms with Crippen molar-refractivity contribution in [2.75, 3.05) is 16.8 Å². The number of nitrogens with zero attached hydrogens (tertiary/aromatic N) is 4. The molecule has 0 aromatic carbocycles. The smallest absolute Gasteiger partial charge is 0.234 e. The maximum Gasteiger partial charge on any atom is 0.234 e. The molecule has 2 rings (SSSR count). The molecule has 26 heavy (non-hydrogen) atoms. The van der Waals surface area contributed by atoms with Gasteiger partial charge in [-0.3, -0.25) is 4.79 Å². The van der Waals surface area contributed by atoms with Crippen LogP contribution in [0.1, 0.15) is 36.5 Å². The first kappa shape index (κ1) is 19.5. The number of carbonyl (C=O) groups is 1. The molecule has 0 bridgehead atoms. The van der Waals surface area contributed by atoms with Crippen LogP contribution in [0.4, 0.5) is 11.5 Å². The summed E-state index contributed by atoms with van der Waals surface area (Å²) >= 11 is 6.98. The number of anilines is 2. The summed E-state index contributed by atoms with van der Waals surface area (Å²) in [7, 11) is 0. The number of halogens is 1. The lowest BCUT2D eigenvalue weighted by Crippen LogP contribution is -2.15. The van der Waals surface area contributed by atoms with Crippen LogP contribution in [0.15, 0.2) is 23.4 Å². The van der Waals surface area contributed by atoms with Crippen molar-refractivity contribution in [3.63, 3.8) is 0 Å². The first-order valence-electron chi connectivity index (χ1n) is 7.55. The predicted octanol–water partition coefficient (Wildman–Crippen LogP) is 3.31. The Labute approximate surface area is 160 Å². The lowest BCUT2D eigenvalue weighted by Gasteiger charge is -2.15. The van der Waals surface area contributed by atoms with Crippen molar-refractivity contribution in [3.05, 3.63) is 40.2 Å². The van der Waals surface area contributed by atoms with Gasteiger partial charge in [0, 0.05) is 6.20 Å². The fourth-order valence-corrected chi connectivity index (χ4v) is 3.28. The predicted molar refractivity (Wildman–Crippen MR) is 101 cm³/mol. The quantitative estimate of drug-likeness (QED) is 0.595. The van der Waals surface area contributed by atoms with Crippen LogP contribution >= 0.6 is 23.4 Å². The van der Waals surface area contributed by atoms with Crippen molar-refractivity contribution >= 4 is 40.8 Å². The minimum Gasteiger partial charge on any atom is -0.383 e. The van der Waals surface area contributed by atoms with Gasteiger partial charge < -0.3 is 11.1 Å². The lowest BCUT2D eigenvalue weighted by atomic mass is 9.94. The van der Waals surface area contributed by atoms with Crippen LogP contribution in [0.5, 0.6) is 0 Å². The molecular weight excluding hydrogens is 372 g/mol. The van der Waals surface area contributed by atoms with Crippen molar-refractivity contribution in [1.29, 1.82) is 10.5 Å². The molecule has 0 saturated carbocycles. The molecule has 9 heteroatoms. The molecule has 0 unspecified atom stereocenters. The third-order valence-electron chi connectivity index (χ3n) is 3.40. The van der Waals surface area contributed by atoms with Gasteiger partial charge in [0.2, 0.25) is 5.91 Å². The van der Waals surface area contributed by atoms with Crippen molar-refractivity contribution in [2.45, 2.75) is 24.8 Å². The molecule has 2 aromatic heterocycles. The zero-order valence-electron chi connectivity index (χ0n) is 14.1. The molecule has 0 spiro atoms. The van der Waals surface area contributed by atoms with E-state index in [1.54, 1.807) is 12.1 Å². The molecule has 0 aliphatic carbocycles. The fraction of sp³-hybridized carbons (Fsp3) is 0.235. The highest BCUT2D eigenvalue weighted by Crippen LogP contribution is 2.33. The van der Waals surface area contributed by atoms with Gasteiger partial charge in [-0.05, 0) is 23.6 Å². The number of pyridine rings is 2.